The van der Waals surface area contributed by atoms with Crippen molar-refractivity contribution in [3.63, 3.8) is 0 Å². The summed E-state index contributed by atoms with van der Waals surface area (Å²) in [5.74, 6) is 0.752. The maximum atomic E-state index is 12.6. The summed E-state index contributed by atoms with van der Waals surface area (Å²) >= 11 is 0. The molecule has 0 saturated heterocycles. The number of benzene rings is 2. The van der Waals surface area contributed by atoms with Crippen molar-refractivity contribution in [2.45, 2.75) is 11.3 Å². The van der Waals surface area contributed by atoms with Crippen LogP contribution in [0.2, 0.25) is 0 Å². The molecule has 0 aliphatic carbocycles. The van der Waals surface area contributed by atoms with Crippen LogP contribution in [0, 0.1) is 0 Å². The van der Waals surface area contributed by atoms with E-state index in [9.17, 15) is 13.2 Å². The van der Waals surface area contributed by atoms with Crippen molar-refractivity contribution in [1.29, 1.82) is 0 Å². The molecule has 0 radical (unpaired) electrons. The first-order chi connectivity index (χ1) is 11.9. The van der Waals surface area contributed by atoms with E-state index >= 15 is 0 Å². The molecular weight excluding hydrogens is 344 g/mol. The van der Waals surface area contributed by atoms with Crippen molar-refractivity contribution in [3.05, 3.63) is 42.0 Å². The number of hydrogen-bond donors (Lipinski definition) is 1. The Morgan fingerprint density at radius 3 is 2.44 bits per heavy atom. The average Bonchev–Trinajstić information content (AvgIpc) is 2.87. The number of nitrogens with one attached hydrogen (secondary N) is 1. The van der Waals surface area contributed by atoms with Gasteiger partial charge in [-0.2, -0.15) is 0 Å². The number of hydrogen-bond acceptors (Lipinski definition) is 5. The molecule has 0 unspecified atom stereocenters. The Balaban J connectivity index is 1.90. The number of anilines is 2. The number of nitrogens with zero attached hydrogens (tertiary/aromatic N) is 1. The van der Waals surface area contributed by atoms with Crippen LogP contribution < -0.4 is 19.1 Å². The van der Waals surface area contributed by atoms with Crippen LogP contribution in [0.25, 0.3) is 0 Å². The number of fused-ring (bicyclic) bond motifs is 1. The van der Waals surface area contributed by atoms with Crippen molar-refractivity contribution >= 4 is 27.3 Å². The highest BCUT2D eigenvalue weighted by atomic mass is 32.2. The van der Waals surface area contributed by atoms with E-state index in [0.717, 1.165) is 11.3 Å². The normalized spacial score (nSPS) is 13.6. The van der Waals surface area contributed by atoms with Crippen LogP contribution in [0.15, 0.2) is 41.3 Å². The largest absolute Gasteiger partial charge is 0.493 e. The third-order valence-corrected chi connectivity index (χ3v) is 5.45. The molecule has 0 aromatic heterocycles. The average molecular weight is 362 g/mol. The first-order valence-electron chi connectivity index (χ1n) is 7.50. The van der Waals surface area contributed by atoms with Gasteiger partial charge < -0.3 is 14.4 Å². The minimum atomic E-state index is -3.80. The number of methoxy groups -OCH3 is 2. The lowest BCUT2D eigenvalue weighted by Gasteiger charge is -2.13. The van der Waals surface area contributed by atoms with Crippen LogP contribution in [0.1, 0.15) is 5.56 Å². The molecule has 1 N–H and O–H groups in total. The lowest BCUT2D eigenvalue weighted by Crippen LogP contribution is -2.20. The predicted octanol–water partition coefficient (Wildman–Crippen LogP) is 2.02. The van der Waals surface area contributed by atoms with E-state index in [4.69, 9.17) is 9.47 Å². The molecule has 25 heavy (non-hydrogen) atoms. The topological polar surface area (TPSA) is 84.9 Å². The number of carbonyl (C=O) groups is 1. The van der Waals surface area contributed by atoms with Crippen molar-refractivity contribution in [1.82, 2.24) is 0 Å². The van der Waals surface area contributed by atoms with Gasteiger partial charge in [0, 0.05) is 24.5 Å². The molecule has 0 fully saturated rings. The van der Waals surface area contributed by atoms with Gasteiger partial charge in [0.2, 0.25) is 5.91 Å². The standard InChI is InChI=1S/C17H18N2O5S/c1-19-14-6-4-12(8-11(14)9-17(19)20)18-25(21,22)13-5-7-15(23-2)16(10-13)24-3/h4-8,10,18H,9H2,1-3H3. The fraction of sp³-hybridized carbons (Fsp3) is 0.235. The van der Waals surface area contributed by atoms with E-state index in [0.29, 0.717) is 17.2 Å². The van der Waals surface area contributed by atoms with Crippen LogP contribution in [0.3, 0.4) is 0 Å². The van der Waals surface area contributed by atoms with Crippen molar-refractivity contribution in [3.8, 4) is 11.5 Å². The van der Waals surface area contributed by atoms with Crippen molar-refractivity contribution in [2.24, 2.45) is 0 Å². The van der Waals surface area contributed by atoms with Crippen LogP contribution in [0.5, 0.6) is 11.5 Å². The summed E-state index contributed by atoms with van der Waals surface area (Å²) in [5.41, 5.74) is 1.98. The fourth-order valence-electron chi connectivity index (χ4n) is 2.73. The zero-order valence-corrected chi connectivity index (χ0v) is 14.9. The number of rotatable bonds is 5. The number of sulfonamides is 1. The smallest absolute Gasteiger partial charge is 0.262 e. The Kier molecular flexibility index (Phi) is 4.30. The first-order valence-corrected chi connectivity index (χ1v) is 8.98. The second-order valence-electron chi connectivity index (χ2n) is 5.60. The van der Waals surface area contributed by atoms with Gasteiger partial charge in [-0.25, -0.2) is 8.42 Å². The monoisotopic (exact) mass is 362 g/mol. The maximum absolute atomic E-state index is 12.6. The molecule has 0 saturated carbocycles. The quantitative estimate of drug-likeness (QED) is 0.880. The molecule has 1 aliphatic rings. The molecule has 1 amide bonds. The van der Waals surface area contributed by atoms with Gasteiger partial charge in [0.05, 0.1) is 25.5 Å². The van der Waals surface area contributed by atoms with Crippen LogP contribution in [0.4, 0.5) is 11.4 Å². The van der Waals surface area contributed by atoms with Crippen LogP contribution in [-0.4, -0.2) is 35.6 Å². The molecule has 132 valence electrons. The summed E-state index contributed by atoms with van der Waals surface area (Å²) in [6, 6.07) is 9.40. The lowest BCUT2D eigenvalue weighted by atomic mass is 10.1. The van der Waals surface area contributed by atoms with Crippen LogP contribution >= 0.6 is 0 Å². The first kappa shape index (κ1) is 17.1. The molecule has 1 heterocycles. The molecule has 7 nitrogen and oxygen atoms in total. The summed E-state index contributed by atoms with van der Waals surface area (Å²) in [4.78, 5) is 13.4. The number of carbonyl (C=O) groups excluding carboxylic acids is 1. The highest BCUT2D eigenvalue weighted by molar-refractivity contribution is 7.92. The predicted molar refractivity (Wildman–Crippen MR) is 93.9 cm³/mol. The number of likely N-dealkylation sites (N-methyl/N-ethyl adjacent to an activating group) is 1. The van der Waals surface area contributed by atoms with Gasteiger partial charge in [0.15, 0.2) is 11.5 Å². The minimum Gasteiger partial charge on any atom is -0.493 e. The number of amides is 1. The molecule has 1 aliphatic heterocycles. The molecule has 0 spiro atoms. The van der Waals surface area contributed by atoms with E-state index in [-0.39, 0.29) is 17.2 Å². The van der Waals surface area contributed by atoms with Gasteiger partial charge in [-0.05, 0) is 35.9 Å². The van der Waals surface area contributed by atoms with E-state index in [1.807, 2.05) is 0 Å². The number of ether oxygens (including phenoxy) is 2. The minimum absolute atomic E-state index is 0.0186. The summed E-state index contributed by atoms with van der Waals surface area (Å²) in [5, 5.41) is 0. The molecule has 3 rings (SSSR count). The van der Waals surface area contributed by atoms with Gasteiger partial charge in [-0.1, -0.05) is 0 Å². The Hall–Kier alpha value is -2.74. The van der Waals surface area contributed by atoms with Gasteiger partial charge in [0.1, 0.15) is 0 Å². The maximum Gasteiger partial charge on any atom is 0.262 e. The Labute approximate surface area is 146 Å². The highest BCUT2D eigenvalue weighted by Crippen LogP contribution is 2.32. The molecule has 0 bridgehead atoms. The van der Waals surface area contributed by atoms with Gasteiger partial charge in [0.25, 0.3) is 10.0 Å². The van der Waals surface area contributed by atoms with E-state index in [1.54, 1.807) is 30.1 Å². The van der Waals surface area contributed by atoms with Crippen molar-refractivity contribution < 1.29 is 22.7 Å². The highest BCUT2D eigenvalue weighted by Gasteiger charge is 2.25. The Morgan fingerprint density at radius 2 is 1.76 bits per heavy atom. The third-order valence-electron chi connectivity index (χ3n) is 4.07. The summed E-state index contributed by atoms with van der Waals surface area (Å²) in [6.45, 7) is 0. The summed E-state index contributed by atoms with van der Waals surface area (Å²) in [6.07, 6.45) is 0.262. The lowest BCUT2D eigenvalue weighted by molar-refractivity contribution is -0.117. The van der Waals surface area contributed by atoms with E-state index < -0.39 is 10.0 Å². The fourth-order valence-corrected chi connectivity index (χ4v) is 3.80. The molecule has 8 heteroatoms. The Morgan fingerprint density at radius 1 is 1.04 bits per heavy atom. The van der Waals surface area contributed by atoms with E-state index in [2.05, 4.69) is 4.72 Å². The van der Waals surface area contributed by atoms with E-state index in [1.165, 1.54) is 32.4 Å². The summed E-state index contributed by atoms with van der Waals surface area (Å²) in [7, 11) is 0.816. The van der Waals surface area contributed by atoms with Gasteiger partial charge in [-0.3, -0.25) is 9.52 Å². The SMILES string of the molecule is COc1ccc(S(=O)(=O)Nc2ccc3c(c2)CC(=O)N3C)cc1OC. The zero-order valence-electron chi connectivity index (χ0n) is 14.1. The van der Waals surface area contributed by atoms with Gasteiger partial charge >= 0.3 is 0 Å². The molecule has 0 atom stereocenters. The summed E-state index contributed by atoms with van der Waals surface area (Å²) < 4.78 is 38.0. The second kappa shape index (κ2) is 6.29. The molecule has 2 aromatic rings. The third kappa shape index (κ3) is 3.12. The second-order valence-corrected chi connectivity index (χ2v) is 7.28. The van der Waals surface area contributed by atoms with Crippen molar-refractivity contribution in [2.75, 3.05) is 30.9 Å². The van der Waals surface area contributed by atoms with Gasteiger partial charge in [-0.15, -0.1) is 0 Å². The Bertz CT molecular complexity index is 940. The zero-order chi connectivity index (χ0) is 18.2. The van der Waals surface area contributed by atoms with Crippen LogP contribution in [-0.2, 0) is 21.2 Å². The molecule has 2 aromatic carbocycles. The molecular formula is C17H18N2O5S.